The van der Waals surface area contributed by atoms with Crippen molar-refractivity contribution in [3.8, 4) is 0 Å². The molecule has 0 fully saturated rings. The van der Waals surface area contributed by atoms with E-state index >= 15 is 0 Å². The third-order valence-corrected chi connectivity index (χ3v) is 2.13. The Hall–Kier alpha value is -0.840. The lowest BCUT2D eigenvalue weighted by atomic mass is 10.2. The molecule has 13 heavy (non-hydrogen) atoms. The zero-order valence-corrected chi connectivity index (χ0v) is 8.09. The van der Waals surface area contributed by atoms with Crippen molar-refractivity contribution in [3.05, 3.63) is 29.1 Å². The van der Waals surface area contributed by atoms with Crippen molar-refractivity contribution in [3.63, 3.8) is 0 Å². The second kappa shape index (κ2) is 4.41. The number of carbonyl (C=O) groups excluding carboxylic acids is 1. The van der Waals surface area contributed by atoms with Gasteiger partial charge in [0, 0.05) is 17.1 Å². The van der Waals surface area contributed by atoms with E-state index in [0.29, 0.717) is 17.2 Å². The lowest BCUT2D eigenvalue weighted by Crippen LogP contribution is -1.97. The van der Waals surface area contributed by atoms with Crippen LogP contribution in [-0.2, 0) is 5.33 Å². The second-order valence-corrected chi connectivity index (χ2v) is 2.93. The van der Waals surface area contributed by atoms with E-state index in [9.17, 15) is 13.6 Å². The predicted octanol–water partition coefficient (Wildman–Crippen LogP) is 2.73. The summed E-state index contributed by atoms with van der Waals surface area (Å²) in [5.74, 6) is 0. The van der Waals surface area contributed by atoms with E-state index in [1.54, 1.807) is 0 Å². The number of halogens is 3. The van der Waals surface area contributed by atoms with Crippen LogP contribution in [0.1, 0.15) is 28.0 Å². The minimum Gasteiger partial charge on any atom is -0.296 e. The summed E-state index contributed by atoms with van der Waals surface area (Å²) in [7, 11) is 0. The van der Waals surface area contributed by atoms with Crippen molar-refractivity contribution < 1.29 is 13.6 Å². The lowest BCUT2D eigenvalue weighted by Gasteiger charge is -2.03. The fourth-order valence-electron chi connectivity index (χ4n) is 0.872. The molecule has 0 atom stereocenters. The highest BCUT2D eigenvalue weighted by atomic mass is 79.9. The largest absolute Gasteiger partial charge is 0.296 e. The van der Waals surface area contributed by atoms with Gasteiger partial charge in [-0.3, -0.25) is 9.78 Å². The standard InChI is InChI=1S/C8H6BrF2NO/c9-2-5-1-6(8(10)11)3-12-7(5)4-13/h1,3-4,8H,2H2. The van der Waals surface area contributed by atoms with Gasteiger partial charge in [0.1, 0.15) is 5.69 Å². The van der Waals surface area contributed by atoms with Crippen molar-refractivity contribution >= 4 is 22.2 Å². The molecule has 0 radical (unpaired) electrons. The molecule has 1 rings (SSSR count). The first-order valence-corrected chi connectivity index (χ1v) is 4.59. The molecule has 0 unspecified atom stereocenters. The van der Waals surface area contributed by atoms with Gasteiger partial charge in [0.15, 0.2) is 6.29 Å². The molecular weight excluding hydrogens is 244 g/mol. The molecular formula is C8H6BrF2NO. The average molecular weight is 250 g/mol. The first-order valence-electron chi connectivity index (χ1n) is 3.47. The highest BCUT2D eigenvalue weighted by Gasteiger charge is 2.10. The summed E-state index contributed by atoms with van der Waals surface area (Å²) < 4.78 is 24.4. The van der Waals surface area contributed by atoms with E-state index in [1.807, 2.05) is 0 Å². The van der Waals surface area contributed by atoms with Gasteiger partial charge in [-0.2, -0.15) is 0 Å². The van der Waals surface area contributed by atoms with Crippen LogP contribution in [0.3, 0.4) is 0 Å². The number of hydrogen-bond acceptors (Lipinski definition) is 2. The van der Waals surface area contributed by atoms with Gasteiger partial charge in [-0.1, -0.05) is 15.9 Å². The number of pyridine rings is 1. The van der Waals surface area contributed by atoms with Crippen molar-refractivity contribution in [2.75, 3.05) is 0 Å². The molecule has 0 bridgehead atoms. The van der Waals surface area contributed by atoms with Crippen LogP contribution in [0.25, 0.3) is 0 Å². The number of aromatic nitrogens is 1. The van der Waals surface area contributed by atoms with Crippen molar-refractivity contribution in [1.82, 2.24) is 4.98 Å². The molecule has 0 aliphatic rings. The van der Waals surface area contributed by atoms with Crippen LogP contribution < -0.4 is 0 Å². The number of carbonyl (C=O) groups is 1. The summed E-state index contributed by atoms with van der Waals surface area (Å²) in [6.45, 7) is 0. The van der Waals surface area contributed by atoms with E-state index in [4.69, 9.17) is 0 Å². The molecule has 0 saturated heterocycles. The fourth-order valence-corrected chi connectivity index (χ4v) is 1.32. The van der Waals surface area contributed by atoms with Gasteiger partial charge in [0.05, 0.1) is 0 Å². The zero-order chi connectivity index (χ0) is 9.84. The topological polar surface area (TPSA) is 30.0 Å². The fraction of sp³-hybridized carbons (Fsp3) is 0.250. The molecule has 0 spiro atoms. The van der Waals surface area contributed by atoms with Crippen molar-refractivity contribution in [2.45, 2.75) is 11.8 Å². The molecule has 0 N–H and O–H groups in total. The Bertz CT molecular complexity index is 317. The maximum Gasteiger partial charge on any atom is 0.265 e. The Morgan fingerprint density at radius 3 is 2.77 bits per heavy atom. The lowest BCUT2D eigenvalue weighted by molar-refractivity contribution is 0.111. The Balaban J connectivity index is 3.12. The van der Waals surface area contributed by atoms with Crippen LogP contribution in [0.5, 0.6) is 0 Å². The predicted molar refractivity (Wildman–Crippen MR) is 47.2 cm³/mol. The normalized spacial score (nSPS) is 10.5. The van der Waals surface area contributed by atoms with Crippen LogP contribution in [0.15, 0.2) is 12.3 Å². The highest BCUT2D eigenvalue weighted by Crippen LogP contribution is 2.20. The van der Waals surface area contributed by atoms with Crippen molar-refractivity contribution in [2.24, 2.45) is 0 Å². The van der Waals surface area contributed by atoms with E-state index in [0.717, 1.165) is 6.20 Å². The van der Waals surface area contributed by atoms with Gasteiger partial charge in [-0.25, -0.2) is 8.78 Å². The van der Waals surface area contributed by atoms with Gasteiger partial charge < -0.3 is 0 Å². The minimum absolute atomic E-state index is 0.167. The van der Waals surface area contributed by atoms with Crippen LogP contribution in [0.2, 0.25) is 0 Å². The molecule has 70 valence electrons. The molecule has 0 aliphatic carbocycles. The number of hydrogen-bond donors (Lipinski definition) is 0. The molecule has 5 heteroatoms. The van der Waals surface area contributed by atoms with Gasteiger partial charge in [-0.05, 0) is 11.6 Å². The minimum atomic E-state index is -2.55. The summed E-state index contributed by atoms with van der Waals surface area (Å²) in [6.07, 6.45) is -0.988. The smallest absolute Gasteiger partial charge is 0.265 e. The summed E-state index contributed by atoms with van der Waals surface area (Å²) in [6, 6.07) is 1.27. The summed E-state index contributed by atoms with van der Waals surface area (Å²) in [5.41, 5.74) is 0.508. The SMILES string of the molecule is O=Cc1ncc(C(F)F)cc1CBr. The number of nitrogens with zero attached hydrogens (tertiary/aromatic N) is 1. The number of aldehydes is 1. The Morgan fingerprint density at radius 2 is 2.31 bits per heavy atom. The maximum atomic E-state index is 12.2. The maximum absolute atomic E-state index is 12.2. The van der Waals surface area contributed by atoms with Gasteiger partial charge in [0.25, 0.3) is 6.43 Å². The molecule has 0 aliphatic heterocycles. The van der Waals surface area contributed by atoms with Crippen molar-refractivity contribution in [1.29, 1.82) is 0 Å². The van der Waals surface area contributed by atoms with Crippen LogP contribution in [0, 0.1) is 0 Å². The van der Waals surface area contributed by atoms with E-state index in [2.05, 4.69) is 20.9 Å². The number of alkyl halides is 3. The Kier molecular flexibility index (Phi) is 3.48. The summed E-state index contributed by atoms with van der Waals surface area (Å²) in [5, 5.41) is 0.342. The molecule has 1 heterocycles. The highest BCUT2D eigenvalue weighted by molar-refractivity contribution is 9.08. The summed E-state index contributed by atoms with van der Waals surface area (Å²) >= 11 is 3.09. The van der Waals surface area contributed by atoms with Gasteiger partial charge >= 0.3 is 0 Å². The molecule has 1 aromatic rings. The van der Waals surface area contributed by atoms with E-state index < -0.39 is 6.43 Å². The second-order valence-electron chi connectivity index (χ2n) is 2.37. The van der Waals surface area contributed by atoms with E-state index in [1.165, 1.54) is 6.07 Å². The molecule has 1 aromatic heterocycles. The third kappa shape index (κ3) is 2.30. The van der Waals surface area contributed by atoms with Crippen LogP contribution in [-0.4, -0.2) is 11.3 Å². The first-order chi connectivity index (χ1) is 6.19. The quantitative estimate of drug-likeness (QED) is 0.609. The zero-order valence-electron chi connectivity index (χ0n) is 6.51. The third-order valence-electron chi connectivity index (χ3n) is 1.53. The molecule has 2 nitrogen and oxygen atoms in total. The van der Waals surface area contributed by atoms with E-state index in [-0.39, 0.29) is 11.3 Å². The van der Waals surface area contributed by atoms with Gasteiger partial charge in [-0.15, -0.1) is 0 Å². The number of rotatable bonds is 3. The Morgan fingerprint density at radius 1 is 1.62 bits per heavy atom. The van der Waals surface area contributed by atoms with Crippen LogP contribution in [0.4, 0.5) is 8.78 Å². The molecule has 0 amide bonds. The summed E-state index contributed by atoms with van der Waals surface area (Å²) in [4.78, 5) is 14.0. The first kappa shape index (κ1) is 10.2. The average Bonchev–Trinajstić information content (AvgIpc) is 2.16. The monoisotopic (exact) mass is 249 g/mol. The van der Waals surface area contributed by atoms with Crippen LogP contribution >= 0.6 is 15.9 Å². The molecule has 0 aromatic carbocycles. The Labute approximate surface area is 82.1 Å². The molecule has 0 saturated carbocycles. The van der Waals surface area contributed by atoms with Gasteiger partial charge in [0.2, 0.25) is 0 Å².